The third-order valence-corrected chi connectivity index (χ3v) is 4.47. The molecule has 20 heavy (non-hydrogen) atoms. The second kappa shape index (κ2) is 5.75. The van der Waals surface area contributed by atoms with Crippen molar-refractivity contribution in [2.24, 2.45) is 0 Å². The number of benzene rings is 2. The van der Waals surface area contributed by atoms with Crippen LogP contribution in [0.25, 0.3) is 0 Å². The number of nitrogens with two attached hydrogens (primary N) is 1. The van der Waals surface area contributed by atoms with Gasteiger partial charge in [-0.1, -0.05) is 12.1 Å². The highest BCUT2D eigenvalue weighted by Gasteiger charge is 2.11. The maximum absolute atomic E-state index is 13.0. The summed E-state index contributed by atoms with van der Waals surface area (Å²) in [6.45, 7) is 0.791. The van der Waals surface area contributed by atoms with E-state index in [9.17, 15) is 4.39 Å². The summed E-state index contributed by atoms with van der Waals surface area (Å²) in [6.07, 6.45) is 1.97. The maximum Gasteiger partial charge on any atom is 0.125 e. The molecule has 4 heteroatoms. The molecule has 0 saturated heterocycles. The van der Waals surface area contributed by atoms with Crippen molar-refractivity contribution in [3.63, 3.8) is 0 Å². The Labute approximate surface area is 122 Å². The topological polar surface area (TPSA) is 35.2 Å². The van der Waals surface area contributed by atoms with E-state index in [0.29, 0.717) is 5.69 Å². The zero-order chi connectivity index (χ0) is 13.9. The molecule has 0 atom stereocenters. The normalized spacial score (nSPS) is 13.1. The number of hydrogen-bond donors (Lipinski definition) is 1. The largest absolute Gasteiger partial charge is 0.493 e. The van der Waals surface area contributed by atoms with Gasteiger partial charge in [0.1, 0.15) is 11.6 Å². The molecule has 0 amide bonds. The molecule has 0 spiro atoms. The third kappa shape index (κ3) is 2.90. The molecule has 2 aromatic rings. The fourth-order valence-corrected chi connectivity index (χ4v) is 3.27. The Morgan fingerprint density at radius 3 is 2.95 bits per heavy atom. The van der Waals surface area contributed by atoms with Crippen LogP contribution in [0.5, 0.6) is 5.75 Å². The lowest BCUT2D eigenvalue weighted by Gasteiger charge is -2.06. The lowest BCUT2D eigenvalue weighted by molar-refractivity contribution is 0.357. The van der Waals surface area contributed by atoms with Gasteiger partial charge in [0.2, 0.25) is 0 Å². The highest BCUT2D eigenvalue weighted by molar-refractivity contribution is 7.99. The fourth-order valence-electron chi connectivity index (χ4n) is 2.33. The van der Waals surface area contributed by atoms with Gasteiger partial charge >= 0.3 is 0 Å². The quantitative estimate of drug-likeness (QED) is 0.689. The Bertz CT molecular complexity index is 630. The number of ether oxygens (including phenoxy) is 1. The SMILES string of the molecule is Nc1cc(F)ccc1SCCc1ccc2c(c1)CCO2. The number of rotatable bonds is 4. The van der Waals surface area contributed by atoms with E-state index in [1.807, 2.05) is 0 Å². The number of anilines is 1. The van der Waals surface area contributed by atoms with Gasteiger partial charge in [-0.25, -0.2) is 4.39 Å². The average molecular weight is 289 g/mol. The van der Waals surface area contributed by atoms with Gasteiger partial charge in [0.25, 0.3) is 0 Å². The molecule has 0 unspecified atom stereocenters. The maximum atomic E-state index is 13.0. The van der Waals surface area contributed by atoms with Gasteiger partial charge in [0, 0.05) is 22.8 Å². The highest BCUT2D eigenvalue weighted by Crippen LogP contribution is 2.28. The fraction of sp³-hybridized carbons (Fsp3) is 0.250. The third-order valence-electron chi connectivity index (χ3n) is 3.37. The minimum absolute atomic E-state index is 0.287. The van der Waals surface area contributed by atoms with Crippen LogP contribution >= 0.6 is 11.8 Å². The van der Waals surface area contributed by atoms with Gasteiger partial charge in [0.15, 0.2) is 0 Å². The predicted octanol–water partition coefficient (Wildman–Crippen LogP) is 3.68. The first-order chi connectivity index (χ1) is 9.72. The van der Waals surface area contributed by atoms with Crippen LogP contribution in [-0.2, 0) is 12.8 Å². The van der Waals surface area contributed by atoms with Crippen molar-refractivity contribution in [3.8, 4) is 5.75 Å². The second-order valence-electron chi connectivity index (χ2n) is 4.82. The van der Waals surface area contributed by atoms with Crippen molar-refractivity contribution in [1.29, 1.82) is 0 Å². The molecule has 3 rings (SSSR count). The van der Waals surface area contributed by atoms with Gasteiger partial charge in [-0.3, -0.25) is 0 Å². The van der Waals surface area contributed by atoms with Gasteiger partial charge in [-0.2, -0.15) is 0 Å². The molecule has 2 N–H and O–H groups in total. The molecule has 0 bridgehead atoms. The van der Waals surface area contributed by atoms with E-state index in [-0.39, 0.29) is 5.82 Å². The molecule has 1 aliphatic heterocycles. The van der Waals surface area contributed by atoms with Crippen molar-refractivity contribution in [1.82, 2.24) is 0 Å². The molecule has 0 fully saturated rings. The zero-order valence-corrected chi connectivity index (χ0v) is 11.9. The summed E-state index contributed by atoms with van der Waals surface area (Å²) in [4.78, 5) is 0.941. The molecule has 2 aromatic carbocycles. The minimum atomic E-state index is -0.287. The van der Waals surface area contributed by atoms with Crippen molar-refractivity contribution in [3.05, 3.63) is 53.3 Å². The number of fused-ring (bicyclic) bond motifs is 1. The van der Waals surface area contributed by atoms with E-state index in [1.165, 1.54) is 23.3 Å². The first kappa shape index (κ1) is 13.3. The molecule has 2 nitrogen and oxygen atoms in total. The number of thioether (sulfide) groups is 1. The molecule has 1 heterocycles. The van der Waals surface area contributed by atoms with Gasteiger partial charge in [-0.15, -0.1) is 11.8 Å². The van der Waals surface area contributed by atoms with E-state index in [1.54, 1.807) is 17.8 Å². The summed E-state index contributed by atoms with van der Waals surface area (Å²) in [5.74, 6) is 1.66. The van der Waals surface area contributed by atoms with Crippen LogP contribution in [0.3, 0.4) is 0 Å². The van der Waals surface area contributed by atoms with E-state index in [2.05, 4.69) is 18.2 Å². The molecule has 1 aliphatic rings. The van der Waals surface area contributed by atoms with Crippen molar-refractivity contribution in [2.75, 3.05) is 18.1 Å². The predicted molar refractivity (Wildman–Crippen MR) is 80.9 cm³/mol. The van der Waals surface area contributed by atoms with Crippen LogP contribution in [0.2, 0.25) is 0 Å². The van der Waals surface area contributed by atoms with E-state index < -0.39 is 0 Å². The van der Waals surface area contributed by atoms with Crippen LogP contribution in [-0.4, -0.2) is 12.4 Å². The molecular weight excluding hydrogens is 273 g/mol. The molecule has 0 saturated carbocycles. The monoisotopic (exact) mass is 289 g/mol. The standard InChI is InChI=1S/C16H16FNOS/c17-13-2-4-16(14(18)10-13)20-8-6-11-1-3-15-12(9-11)5-7-19-15/h1-4,9-10H,5-8,18H2. The van der Waals surface area contributed by atoms with Crippen LogP contribution in [0.15, 0.2) is 41.3 Å². The Kier molecular flexibility index (Phi) is 3.83. The van der Waals surface area contributed by atoms with Crippen LogP contribution < -0.4 is 10.5 Å². The van der Waals surface area contributed by atoms with E-state index in [0.717, 1.165) is 35.8 Å². The Balaban J connectivity index is 1.60. The lowest BCUT2D eigenvalue weighted by Crippen LogP contribution is -1.93. The number of nitrogen functional groups attached to an aromatic ring is 1. The summed E-state index contributed by atoms with van der Waals surface area (Å²) in [7, 11) is 0. The van der Waals surface area contributed by atoms with Gasteiger partial charge in [0.05, 0.1) is 6.61 Å². The summed E-state index contributed by atoms with van der Waals surface area (Å²) < 4.78 is 18.5. The molecular formula is C16H16FNOS. The van der Waals surface area contributed by atoms with Gasteiger partial charge in [-0.05, 0) is 41.8 Å². The van der Waals surface area contributed by atoms with E-state index in [4.69, 9.17) is 10.5 Å². The summed E-state index contributed by atoms with van der Waals surface area (Å²) in [5, 5.41) is 0. The first-order valence-electron chi connectivity index (χ1n) is 6.65. The zero-order valence-electron chi connectivity index (χ0n) is 11.1. The average Bonchev–Trinajstić information content (AvgIpc) is 2.89. The molecule has 104 valence electrons. The Hall–Kier alpha value is -1.68. The molecule has 0 aliphatic carbocycles. The number of hydrogen-bond acceptors (Lipinski definition) is 3. The number of halogens is 1. The van der Waals surface area contributed by atoms with E-state index >= 15 is 0 Å². The van der Waals surface area contributed by atoms with Crippen LogP contribution in [0.4, 0.5) is 10.1 Å². The second-order valence-corrected chi connectivity index (χ2v) is 5.96. The summed E-state index contributed by atoms with van der Waals surface area (Å²) >= 11 is 1.66. The highest BCUT2D eigenvalue weighted by atomic mass is 32.2. The minimum Gasteiger partial charge on any atom is -0.493 e. The Morgan fingerprint density at radius 1 is 1.20 bits per heavy atom. The molecule has 0 aromatic heterocycles. The molecule has 0 radical (unpaired) electrons. The van der Waals surface area contributed by atoms with Crippen LogP contribution in [0, 0.1) is 5.82 Å². The van der Waals surface area contributed by atoms with Crippen molar-refractivity contribution >= 4 is 17.4 Å². The lowest BCUT2D eigenvalue weighted by atomic mass is 10.1. The Morgan fingerprint density at radius 2 is 2.10 bits per heavy atom. The number of aryl methyl sites for hydroxylation is 1. The van der Waals surface area contributed by atoms with Crippen molar-refractivity contribution < 1.29 is 9.13 Å². The first-order valence-corrected chi connectivity index (χ1v) is 7.63. The smallest absolute Gasteiger partial charge is 0.125 e. The summed E-state index contributed by atoms with van der Waals surface area (Å²) in [5.41, 5.74) is 8.92. The van der Waals surface area contributed by atoms with Gasteiger partial charge < -0.3 is 10.5 Å². The summed E-state index contributed by atoms with van der Waals surface area (Å²) in [6, 6.07) is 10.9. The van der Waals surface area contributed by atoms with Crippen molar-refractivity contribution in [2.45, 2.75) is 17.7 Å². The van der Waals surface area contributed by atoms with Crippen LogP contribution in [0.1, 0.15) is 11.1 Å².